The second-order valence-corrected chi connectivity index (χ2v) is 2.79. The molecule has 12 heteroatoms. The Morgan fingerprint density at radius 3 is 2.76 bits per heavy atom. The Kier molecular flexibility index (Phi) is 2.52. The number of nitrogens with one attached hydrogen (secondary N) is 2. The number of halogens is 3. The summed E-state index contributed by atoms with van der Waals surface area (Å²) in [4.78, 5) is 0. The summed E-state index contributed by atoms with van der Waals surface area (Å²) in [7, 11) is 0. The summed E-state index contributed by atoms with van der Waals surface area (Å²) in [6.45, 7) is -0.371. The summed E-state index contributed by atoms with van der Waals surface area (Å²) in [6.07, 6.45) is -4.70. The third kappa shape index (κ3) is 1.95. The van der Waals surface area contributed by atoms with Gasteiger partial charge in [0.1, 0.15) is 11.2 Å². The van der Waals surface area contributed by atoms with Crippen LogP contribution in [0, 0.1) is 11.3 Å². The van der Waals surface area contributed by atoms with E-state index in [-0.39, 0.29) is 12.5 Å². The lowest BCUT2D eigenvalue weighted by molar-refractivity contribution is -0.0603. The average Bonchev–Trinajstić information content (AvgIpc) is 2.82. The number of hydrogen-bond acceptors (Lipinski definition) is 8. The van der Waals surface area contributed by atoms with Gasteiger partial charge in [0.25, 0.3) is 6.54 Å². The predicted molar refractivity (Wildman–Crippen MR) is 45.9 cm³/mol. The topological polar surface area (TPSA) is 112 Å². The highest BCUT2D eigenvalue weighted by atomic mass is 19.4. The van der Waals surface area contributed by atoms with Crippen LogP contribution >= 0.6 is 0 Å². The van der Waals surface area contributed by atoms with Gasteiger partial charge in [-0.2, -0.15) is 18.4 Å². The molecule has 2 rings (SSSR count). The van der Waals surface area contributed by atoms with Crippen molar-refractivity contribution < 1.29 is 13.2 Å². The minimum atomic E-state index is -4.70. The minimum Gasteiger partial charge on any atom is -0.220 e. The van der Waals surface area contributed by atoms with Gasteiger partial charge in [-0.25, -0.2) is 5.10 Å². The quantitative estimate of drug-likeness (QED) is 0.511. The van der Waals surface area contributed by atoms with E-state index >= 15 is 0 Å². The van der Waals surface area contributed by atoms with Gasteiger partial charge in [-0.15, -0.1) is 0 Å². The molecule has 89 valence electrons. The highest BCUT2D eigenvalue weighted by molar-refractivity contribution is 6.00. The zero-order chi connectivity index (χ0) is 12.5. The van der Waals surface area contributed by atoms with Crippen LogP contribution in [0.4, 0.5) is 19.1 Å². The molecule has 1 aliphatic heterocycles. The van der Waals surface area contributed by atoms with Crippen LogP contribution < -0.4 is 15.7 Å². The molecule has 1 aliphatic rings. The molecule has 1 aromatic rings. The molecule has 0 atom stereocenters. The number of rotatable bonds is 2. The van der Waals surface area contributed by atoms with E-state index in [1.807, 2.05) is 5.53 Å². The molecule has 0 bridgehead atoms. The number of nitrogens with zero attached hydrogens (tertiary/aromatic N) is 7. The van der Waals surface area contributed by atoms with Crippen LogP contribution in [0.2, 0.25) is 0 Å². The first-order chi connectivity index (χ1) is 8.04. The third-order valence-electron chi connectivity index (χ3n) is 1.72. The fourth-order valence-electron chi connectivity index (χ4n) is 1.13. The fourth-order valence-corrected chi connectivity index (χ4v) is 1.13. The monoisotopic (exact) mass is 247 g/mol. The maximum Gasteiger partial charge on any atom is 0.457 e. The number of hydrogen-bond donors (Lipinski definition) is 2. The largest absolute Gasteiger partial charge is 0.457 e. The van der Waals surface area contributed by atoms with Gasteiger partial charge in [0, 0.05) is 0 Å². The maximum atomic E-state index is 12.6. The van der Waals surface area contributed by atoms with Gasteiger partial charge in [-0.05, 0) is 15.4 Å². The van der Waals surface area contributed by atoms with E-state index < -0.39 is 12.0 Å². The molecule has 0 fully saturated rings. The molecule has 0 spiro atoms. The number of H-pyrrole nitrogens is 1. The summed E-state index contributed by atoms with van der Waals surface area (Å²) >= 11 is 0. The number of amidine groups is 1. The summed E-state index contributed by atoms with van der Waals surface area (Å²) in [5, 5.41) is 24.7. The van der Waals surface area contributed by atoms with E-state index in [9.17, 15) is 13.2 Å². The predicted octanol–water partition coefficient (Wildman–Crippen LogP) is -1.02. The van der Waals surface area contributed by atoms with Gasteiger partial charge >= 0.3 is 18.0 Å². The number of hydrazone groups is 1. The first-order valence-corrected chi connectivity index (χ1v) is 4.13. The van der Waals surface area contributed by atoms with Crippen molar-refractivity contribution in [3.8, 4) is 6.07 Å². The van der Waals surface area contributed by atoms with E-state index in [4.69, 9.17) is 5.26 Å². The Bertz CT molecular complexity index is 456. The van der Waals surface area contributed by atoms with E-state index in [1.54, 1.807) is 6.07 Å². The van der Waals surface area contributed by atoms with Crippen molar-refractivity contribution in [2.45, 2.75) is 6.18 Å². The molecule has 2 N–H and O–H groups in total. The highest BCUT2D eigenvalue weighted by Crippen LogP contribution is 2.24. The molecule has 0 unspecified atom stereocenters. The molecule has 2 heterocycles. The van der Waals surface area contributed by atoms with Crippen molar-refractivity contribution in [2.24, 2.45) is 5.10 Å². The van der Waals surface area contributed by atoms with Crippen LogP contribution in [0.15, 0.2) is 5.10 Å². The van der Waals surface area contributed by atoms with E-state index in [1.165, 1.54) is 0 Å². The zero-order valence-corrected chi connectivity index (χ0v) is 7.97. The standard InChI is InChI=1S/C5H4F3N9/c6-5(7,8)3-10-15-16(2-1-9)17(3)4-11-13-14-12-4/h15H,2H2,(H,11,12,13,14)/q+1. The van der Waals surface area contributed by atoms with E-state index in [0.29, 0.717) is 5.01 Å². The zero-order valence-electron chi connectivity index (χ0n) is 7.97. The van der Waals surface area contributed by atoms with Gasteiger partial charge in [0.2, 0.25) is 0 Å². The van der Waals surface area contributed by atoms with Gasteiger partial charge < -0.3 is 0 Å². The van der Waals surface area contributed by atoms with Crippen molar-refractivity contribution >= 4 is 11.8 Å². The lowest BCUT2D eigenvalue weighted by Gasteiger charge is -2.13. The smallest absolute Gasteiger partial charge is 0.220 e. The Balaban J connectivity index is 2.33. The Morgan fingerprint density at radius 1 is 1.47 bits per heavy atom. The van der Waals surface area contributed by atoms with Crippen molar-refractivity contribution in [1.82, 2.24) is 31.3 Å². The van der Waals surface area contributed by atoms with Gasteiger partial charge in [0.05, 0.1) is 0 Å². The number of aromatic amines is 1. The van der Waals surface area contributed by atoms with Crippen molar-refractivity contribution in [3.63, 3.8) is 0 Å². The van der Waals surface area contributed by atoms with Gasteiger partial charge in [0.15, 0.2) is 0 Å². The first kappa shape index (κ1) is 11.1. The summed E-state index contributed by atoms with van der Waals surface area (Å²) in [6, 6.07) is 1.67. The molecule has 1 radical (unpaired) electrons. The summed E-state index contributed by atoms with van der Waals surface area (Å²) < 4.78 is 37.8. The van der Waals surface area contributed by atoms with E-state index in [0.717, 1.165) is 5.12 Å². The third-order valence-corrected chi connectivity index (χ3v) is 1.72. The number of tetrazole rings is 1. The normalized spacial score (nSPS) is 16.6. The maximum absolute atomic E-state index is 12.6. The van der Waals surface area contributed by atoms with Crippen LogP contribution in [-0.4, -0.2) is 39.2 Å². The van der Waals surface area contributed by atoms with Crippen LogP contribution in [-0.2, 0) is 0 Å². The Morgan fingerprint density at radius 2 is 2.24 bits per heavy atom. The van der Waals surface area contributed by atoms with E-state index in [2.05, 4.69) is 25.7 Å². The van der Waals surface area contributed by atoms with Crippen molar-refractivity contribution in [3.05, 3.63) is 0 Å². The lowest BCUT2D eigenvalue weighted by Crippen LogP contribution is -2.54. The molecule has 0 saturated heterocycles. The average molecular weight is 247 g/mol. The van der Waals surface area contributed by atoms with Gasteiger partial charge in [-0.3, -0.25) is 0 Å². The van der Waals surface area contributed by atoms with Gasteiger partial charge in [-0.1, -0.05) is 15.7 Å². The van der Waals surface area contributed by atoms with Crippen molar-refractivity contribution in [2.75, 3.05) is 11.6 Å². The van der Waals surface area contributed by atoms with Crippen LogP contribution in [0.5, 0.6) is 0 Å². The highest BCUT2D eigenvalue weighted by Gasteiger charge is 2.53. The molecule has 9 nitrogen and oxygen atoms in total. The summed E-state index contributed by atoms with van der Waals surface area (Å²) in [5.74, 6) is -1.58. The second-order valence-electron chi connectivity index (χ2n) is 2.79. The molecular weight excluding hydrogens is 243 g/mol. The molecule has 17 heavy (non-hydrogen) atoms. The molecule has 0 amide bonds. The number of aromatic nitrogens is 4. The number of anilines is 1. The lowest BCUT2D eigenvalue weighted by atomic mass is 10.5. The fraction of sp³-hybridized carbons (Fsp3) is 0.400. The first-order valence-electron chi connectivity index (χ1n) is 4.13. The molecule has 1 aromatic heterocycles. The Labute approximate surface area is 91.4 Å². The molecular formula is C5H4F3N9+. The molecule has 0 aliphatic carbocycles. The SMILES string of the molecule is N#CC[N+]1NN=C(C(F)(F)F)N1c1nnn[nH]1. The molecule has 0 saturated carbocycles. The summed E-state index contributed by atoms with van der Waals surface area (Å²) in [5.41, 5.74) is 2.04. The van der Waals surface area contributed by atoms with Crippen LogP contribution in [0.1, 0.15) is 0 Å². The van der Waals surface area contributed by atoms with Crippen LogP contribution in [0.3, 0.4) is 0 Å². The second kappa shape index (κ2) is 3.87. The minimum absolute atomic E-state index is 0.304. The van der Waals surface area contributed by atoms with Crippen molar-refractivity contribution in [1.29, 1.82) is 5.26 Å². The number of alkyl halides is 3. The molecule has 0 aromatic carbocycles. The van der Waals surface area contributed by atoms with Crippen LogP contribution in [0.25, 0.3) is 0 Å². The Hall–Kier alpha value is -2.42. The number of hydrazine groups is 2. The number of nitriles is 1.